The van der Waals surface area contributed by atoms with Gasteiger partial charge in [0, 0.05) is 0 Å². The summed E-state index contributed by atoms with van der Waals surface area (Å²) in [6.45, 7) is 6.80. The molecule has 0 unspecified atom stereocenters. The summed E-state index contributed by atoms with van der Waals surface area (Å²) in [6, 6.07) is 0. The molecule has 0 aliphatic rings. The normalized spacial score (nSPS) is 12.4. The van der Waals surface area contributed by atoms with Gasteiger partial charge in [-0.15, -0.1) is 20.7 Å². The van der Waals surface area contributed by atoms with Crippen molar-refractivity contribution in [3.63, 3.8) is 0 Å². The number of unbranched alkanes of at least 4 members (excludes halogenated alkanes) is 1. The lowest BCUT2D eigenvalue weighted by atomic mass is 10.3. The van der Waals surface area contributed by atoms with Gasteiger partial charge in [-0.3, -0.25) is 0 Å². The molecule has 0 radical (unpaired) electrons. The van der Waals surface area contributed by atoms with Crippen molar-refractivity contribution in [2.24, 2.45) is 5.92 Å². The van der Waals surface area contributed by atoms with Crippen molar-refractivity contribution in [3.05, 3.63) is 0 Å². The molecule has 0 rings (SSSR count). The molecule has 0 heterocycles. The van der Waals surface area contributed by atoms with Crippen LogP contribution in [-0.4, -0.2) is 8.44 Å². The zero-order chi connectivity index (χ0) is 7.11. The summed E-state index contributed by atoms with van der Waals surface area (Å²) in [4.78, 5) is 0. The first kappa shape index (κ1) is 9.60. The highest BCUT2D eigenvalue weighted by atomic mass is 127. The van der Waals surface area contributed by atoms with Crippen LogP contribution >= 0.6 is 20.7 Å². The molecule has 0 saturated carbocycles. The second-order valence-electron chi connectivity index (χ2n) is 2.57. The number of alkyl halides is 1. The molecule has 0 bridgehead atoms. The third-order valence-corrected chi connectivity index (χ3v) is 4.27. The minimum absolute atomic E-state index is 0.453. The highest BCUT2D eigenvalue weighted by molar-refractivity contribution is 14.2. The van der Waals surface area contributed by atoms with Gasteiger partial charge in [-0.05, 0) is 16.8 Å². The number of rotatable bonds is 4. The van der Waals surface area contributed by atoms with Crippen LogP contribution in [0.2, 0.25) is 0 Å². The first-order chi connectivity index (χ1) is 4.27. The Kier molecular flexibility index (Phi) is 7.16. The number of hydrogen-bond donors (Lipinski definition) is 0. The maximum atomic E-state index is 2.51. The van der Waals surface area contributed by atoms with Gasteiger partial charge in [-0.1, -0.05) is 31.2 Å². The van der Waals surface area contributed by atoms with Gasteiger partial charge in [0.05, 0.1) is 0 Å². The van der Waals surface area contributed by atoms with Crippen LogP contribution in [0.3, 0.4) is 0 Å². The van der Waals surface area contributed by atoms with Gasteiger partial charge in [0.15, 0.2) is 0 Å². The van der Waals surface area contributed by atoms with Crippen LogP contribution < -0.4 is 0 Å². The maximum absolute atomic E-state index is 2.51. The van der Waals surface area contributed by atoms with Crippen LogP contribution in [0.25, 0.3) is 0 Å². The molecule has 0 saturated heterocycles. The first-order valence-corrected chi connectivity index (χ1v) is 6.45. The van der Waals surface area contributed by atoms with Crippen LogP contribution in [0.4, 0.5) is 0 Å². The van der Waals surface area contributed by atoms with E-state index < -0.39 is 0 Å². The van der Waals surface area contributed by atoms with Crippen LogP contribution in [0.15, 0.2) is 0 Å². The largest absolute Gasteiger partial charge is 0.127 e. The predicted octanol–water partition coefficient (Wildman–Crippen LogP) is 3.22. The zero-order valence-corrected chi connectivity index (χ0v) is 8.81. The first-order valence-electron chi connectivity index (χ1n) is 3.68. The molecule has 0 N–H and O–H groups in total. The molecule has 0 aromatic carbocycles. The Balaban J connectivity index is 3.04. The van der Waals surface area contributed by atoms with E-state index in [9.17, 15) is 0 Å². The quantitative estimate of drug-likeness (QED) is 0.402. The van der Waals surface area contributed by atoms with E-state index in [-0.39, 0.29) is 0 Å². The lowest BCUT2D eigenvalue weighted by Gasteiger charge is -1.91. The Labute approximate surface area is 68.8 Å². The van der Waals surface area contributed by atoms with E-state index in [2.05, 4.69) is 24.8 Å². The topological polar surface area (TPSA) is 0 Å². The van der Waals surface area contributed by atoms with E-state index in [0.29, 0.717) is 20.7 Å². The average Bonchev–Trinajstić information content (AvgIpc) is 1.80. The van der Waals surface area contributed by atoms with Crippen molar-refractivity contribution >= 4 is 24.7 Å². The third-order valence-electron chi connectivity index (χ3n) is 0.937. The number of halogens is 1. The fraction of sp³-hybridized carbons (Fsp3) is 0.875. The molecule has 0 amide bonds. The molecule has 1 heteroatoms. The molecule has 0 spiro atoms. The molecule has 9 heavy (non-hydrogen) atoms. The van der Waals surface area contributed by atoms with Crippen molar-refractivity contribution in [1.29, 1.82) is 0 Å². The molecule has 0 aromatic heterocycles. The Morgan fingerprint density at radius 1 is 1.44 bits per heavy atom. The van der Waals surface area contributed by atoms with E-state index in [4.69, 9.17) is 0 Å². The van der Waals surface area contributed by atoms with Crippen molar-refractivity contribution in [1.82, 2.24) is 0 Å². The summed E-state index contributed by atoms with van der Waals surface area (Å²) in [5, 5.41) is 0. The van der Waals surface area contributed by atoms with Gasteiger partial charge in [-0.25, -0.2) is 0 Å². The van der Waals surface area contributed by atoms with E-state index in [1.165, 1.54) is 17.3 Å². The summed E-state index contributed by atoms with van der Waals surface area (Å²) in [5.41, 5.74) is 0. The van der Waals surface area contributed by atoms with Gasteiger partial charge in [0.1, 0.15) is 0 Å². The molecule has 0 aliphatic heterocycles. The van der Waals surface area contributed by atoms with Crippen molar-refractivity contribution < 1.29 is 0 Å². The smallest absolute Gasteiger partial charge is 0.00552 e. The Morgan fingerprint density at radius 2 is 2.11 bits per heavy atom. The lowest BCUT2D eigenvalue weighted by Crippen LogP contribution is -1.83. The Hall–Kier alpha value is 0.600. The second kappa shape index (κ2) is 6.72. The van der Waals surface area contributed by atoms with Gasteiger partial charge in [0.25, 0.3) is 0 Å². The van der Waals surface area contributed by atoms with Crippen molar-refractivity contribution in [2.75, 3.05) is 4.43 Å². The molecular weight excluding hydrogens is 223 g/mol. The second-order valence-corrected chi connectivity index (χ2v) is 5.25. The molecule has 0 atom stereocenters. The molecule has 0 fully saturated rings. The minimum Gasteiger partial charge on any atom is -0.127 e. The maximum Gasteiger partial charge on any atom is -0.00552 e. The van der Waals surface area contributed by atoms with Crippen LogP contribution in [0.1, 0.15) is 33.6 Å². The number of hydrogen-bond acceptors (Lipinski definition) is 0. The summed E-state index contributed by atoms with van der Waals surface area (Å²) in [5.74, 6) is 0.828. The van der Waals surface area contributed by atoms with Crippen LogP contribution in [0, 0.1) is 5.92 Å². The van der Waals surface area contributed by atoms with Gasteiger partial charge >= 0.3 is 0 Å². The minimum atomic E-state index is 0.453. The van der Waals surface area contributed by atoms with E-state index in [1.54, 1.807) is 0 Å². The Morgan fingerprint density at radius 3 is 2.56 bits per heavy atom. The molecule has 0 aromatic rings. The highest BCUT2D eigenvalue weighted by Gasteiger charge is 1.82. The highest BCUT2D eigenvalue weighted by Crippen LogP contribution is 2.03. The van der Waals surface area contributed by atoms with Gasteiger partial charge < -0.3 is 0 Å². The van der Waals surface area contributed by atoms with Crippen LogP contribution in [-0.2, 0) is 0 Å². The molecule has 0 aliphatic carbocycles. The summed E-state index contributed by atoms with van der Waals surface area (Å²) in [7, 11) is 0. The monoisotopic (exact) mass is 240 g/mol. The molecule has 56 valence electrons. The SMILES string of the molecule is CCCCI=CC(C)C. The lowest BCUT2D eigenvalue weighted by molar-refractivity contribution is 0.907. The van der Waals surface area contributed by atoms with Crippen molar-refractivity contribution in [3.8, 4) is 0 Å². The summed E-state index contributed by atoms with van der Waals surface area (Å²) >= 11 is 0.453. The van der Waals surface area contributed by atoms with Crippen molar-refractivity contribution in [2.45, 2.75) is 33.6 Å². The summed E-state index contributed by atoms with van der Waals surface area (Å²) < 4.78 is 4.00. The molecule has 0 nitrogen and oxygen atoms in total. The van der Waals surface area contributed by atoms with E-state index in [1.807, 2.05) is 0 Å². The molecular formula is C8H17I. The zero-order valence-electron chi connectivity index (χ0n) is 6.65. The van der Waals surface area contributed by atoms with Gasteiger partial charge in [0.2, 0.25) is 0 Å². The summed E-state index contributed by atoms with van der Waals surface area (Å²) in [6.07, 6.45) is 2.81. The van der Waals surface area contributed by atoms with Crippen LogP contribution in [0.5, 0.6) is 0 Å². The van der Waals surface area contributed by atoms with E-state index in [0.717, 1.165) is 5.92 Å². The average molecular weight is 240 g/mol. The van der Waals surface area contributed by atoms with Gasteiger partial charge in [-0.2, -0.15) is 0 Å². The Bertz CT molecular complexity index is 74.6. The fourth-order valence-corrected chi connectivity index (χ4v) is 3.03. The predicted molar refractivity (Wildman–Crippen MR) is 54.7 cm³/mol. The fourth-order valence-electron chi connectivity index (χ4n) is 0.452. The standard InChI is InChI=1S/C8H17I/c1-4-5-6-9-7-8(2)3/h7-8H,4-6H2,1-3H3. The third kappa shape index (κ3) is 8.60. The van der Waals surface area contributed by atoms with E-state index >= 15 is 0 Å².